The van der Waals surface area contributed by atoms with Gasteiger partial charge in [-0.25, -0.2) is 0 Å². The molecule has 7 heteroatoms. The Bertz CT molecular complexity index is 522. The summed E-state index contributed by atoms with van der Waals surface area (Å²) in [5.74, 6) is -0.474. The molecule has 1 heterocycles. The molecule has 0 aliphatic rings. The molecule has 0 fully saturated rings. The predicted molar refractivity (Wildman–Crippen MR) is 57.5 cm³/mol. The normalized spacial score (nSPS) is 10.0. The maximum Gasteiger partial charge on any atom is 0.330 e. The van der Waals surface area contributed by atoms with Crippen LogP contribution in [0.5, 0.6) is 0 Å². The number of anilines is 3. The number of carbonyl (C=O) groups is 1. The molecule has 0 saturated carbocycles. The van der Waals surface area contributed by atoms with Crippen LogP contribution in [0, 0.1) is 0 Å². The maximum absolute atomic E-state index is 11.7. The van der Waals surface area contributed by atoms with Crippen LogP contribution in [0.1, 0.15) is 10.4 Å². The second kappa shape index (κ2) is 3.89. The summed E-state index contributed by atoms with van der Waals surface area (Å²) in [7, 11) is 0. The number of nitrogen functional groups attached to an aromatic ring is 2. The highest BCUT2D eigenvalue weighted by Gasteiger charge is 2.12. The number of aromatic nitrogens is 2. The molecule has 5 N–H and O–H groups in total. The molecule has 0 aliphatic heterocycles. The third-order valence-electron chi connectivity index (χ3n) is 1.87. The van der Waals surface area contributed by atoms with Crippen LogP contribution in [0.4, 0.5) is 17.7 Å². The van der Waals surface area contributed by atoms with Crippen molar-refractivity contribution in [3.05, 3.63) is 29.8 Å². The van der Waals surface area contributed by atoms with Gasteiger partial charge in [0.1, 0.15) is 0 Å². The van der Waals surface area contributed by atoms with Crippen molar-refractivity contribution in [1.82, 2.24) is 10.1 Å². The van der Waals surface area contributed by atoms with Gasteiger partial charge in [-0.15, -0.1) is 0 Å². The van der Waals surface area contributed by atoms with Crippen molar-refractivity contribution in [2.24, 2.45) is 0 Å². The summed E-state index contributed by atoms with van der Waals surface area (Å²) >= 11 is 0. The summed E-state index contributed by atoms with van der Waals surface area (Å²) < 4.78 is 4.64. The molecule has 2 aromatic rings. The van der Waals surface area contributed by atoms with E-state index in [4.69, 9.17) is 11.5 Å². The first kappa shape index (κ1) is 9.97. The molecule has 82 valence electrons. The van der Waals surface area contributed by atoms with E-state index in [1.807, 2.05) is 0 Å². The van der Waals surface area contributed by atoms with Gasteiger partial charge in [0.25, 0.3) is 11.9 Å². The molecule has 0 atom stereocenters. The van der Waals surface area contributed by atoms with Crippen LogP contribution in [0.15, 0.2) is 28.8 Å². The topological polar surface area (TPSA) is 120 Å². The van der Waals surface area contributed by atoms with Crippen LogP contribution in [0.3, 0.4) is 0 Å². The molecule has 0 radical (unpaired) electrons. The Balaban J connectivity index is 2.18. The highest BCUT2D eigenvalue weighted by Crippen LogP contribution is 2.13. The van der Waals surface area contributed by atoms with Crippen LogP contribution in [0.25, 0.3) is 0 Å². The lowest BCUT2D eigenvalue weighted by Gasteiger charge is -2.02. The average molecular weight is 219 g/mol. The number of nitrogens with zero attached hydrogens (tertiary/aromatic N) is 2. The Morgan fingerprint density at radius 1 is 1.31 bits per heavy atom. The van der Waals surface area contributed by atoms with E-state index in [2.05, 4.69) is 20.0 Å². The van der Waals surface area contributed by atoms with Gasteiger partial charge in [0.05, 0.1) is 5.56 Å². The molecular formula is C9H9N5O2. The van der Waals surface area contributed by atoms with E-state index in [0.717, 1.165) is 0 Å². The van der Waals surface area contributed by atoms with Gasteiger partial charge in [-0.3, -0.25) is 10.1 Å². The first-order valence-corrected chi connectivity index (χ1v) is 4.42. The van der Waals surface area contributed by atoms with Crippen molar-refractivity contribution in [2.45, 2.75) is 0 Å². The predicted octanol–water partition coefficient (Wildman–Crippen LogP) is 0.486. The standard InChI is InChI=1S/C9H9N5O2/c10-6-4-2-1-3-5(6)7(15)12-9-13-8(11)14-16-9/h1-4H,10H2,(H3,11,12,13,14,15). The van der Waals surface area contributed by atoms with E-state index in [-0.39, 0.29) is 12.0 Å². The van der Waals surface area contributed by atoms with E-state index in [1.54, 1.807) is 24.3 Å². The third kappa shape index (κ3) is 1.92. The fourth-order valence-electron chi connectivity index (χ4n) is 1.15. The fourth-order valence-corrected chi connectivity index (χ4v) is 1.15. The number of amides is 1. The number of nitrogens with one attached hydrogen (secondary N) is 1. The van der Waals surface area contributed by atoms with Gasteiger partial charge in [0.15, 0.2) is 0 Å². The average Bonchev–Trinajstić information content (AvgIpc) is 2.64. The summed E-state index contributed by atoms with van der Waals surface area (Å²) in [6, 6.07) is 6.58. The number of carbonyl (C=O) groups excluding carboxylic acids is 1. The van der Waals surface area contributed by atoms with E-state index in [1.165, 1.54) is 0 Å². The van der Waals surface area contributed by atoms with Crippen LogP contribution in [-0.2, 0) is 0 Å². The minimum atomic E-state index is -0.429. The number of para-hydroxylation sites is 1. The Kier molecular flexibility index (Phi) is 2.42. The van der Waals surface area contributed by atoms with Gasteiger partial charge in [-0.05, 0) is 17.3 Å². The van der Waals surface area contributed by atoms with E-state index < -0.39 is 5.91 Å². The number of rotatable bonds is 2. The van der Waals surface area contributed by atoms with Crippen molar-refractivity contribution in [2.75, 3.05) is 16.8 Å². The molecule has 0 bridgehead atoms. The summed E-state index contributed by atoms with van der Waals surface area (Å²) in [5.41, 5.74) is 11.6. The van der Waals surface area contributed by atoms with Gasteiger partial charge in [-0.1, -0.05) is 12.1 Å². The maximum atomic E-state index is 11.7. The Morgan fingerprint density at radius 2 is 2.06 bits per heavy atom. The largest absolute Gasteiger partial charge is 0.398 e. The van der Waals surface area contributed by atoms with E-state index in [0.29, 0.717) is 11.3 Å². The molecule has 1 aromatic heterocycles. The molecule has 0 saturated heterocycles. The number of hydrogen-bond acceptors (Lipinski definition) is 6. The van der Waals surface area contributed by atoms with E-state index >= 15 is 0 Å². The lowest BCUT2D eigenvalue weighted by atomic mass is 10.2. The van der Waals surface area contributed by atoms with Crippen molar-refractivity contribution in [3.63, 3.8) is 0 Å². The van der Waals surface area contributed by atoms with Gasteiger partial charge in [0, 0.05) is 5.69 Å². The molecule has 7 nitrogen and oxygen atoms in total. The van der Waals surface area contributed by atoms with Gasteiger partial charge >= 0.3 is 6.01 Å². The fraction of sp³-hybridized carbons (Fsp3) is 0. The summed E-state index contributed by atoms with van der Waals surface area (Å²) in [4.78, 5) is 15.3. The van der Waals surface area contributed by atoms with Crippen LogP contribution < -0.4 is 16.8 Å². The Labute approximate surface area is 90.4 Å². The monoisotopic (exact) mass is 219 g/mol. The first-order chi connectivity index (χ1) is 7.66. The summed E-state index contributed by atoms with van der Waals surface area (Å²) in [6.45, 7) is 0. The highest BCUT2D eigenvalue weighted by molar-refractivity contribution is 6.06. The second-order valence-electron chi connectivity index (χ2n) is 3.00. The van der Waals surface area contributed by atoms with Crippen molar-refractivity contribution < 1.29 is 9.32 Å². The smallest absolute Gasteiger partial charge is 0.330 e. The Hall–Kier alpha value is -2.57. The molecule has 0 unspecified atom stereocenters. The van der Waals surface area contributed by atoms with Gasteiger partial charge in [0.2, 0.25) is 0 Å². The zero-order chi connectivity index (χ0) is 11.5. The third-order valence-corrected chi connectivity index (χ3v) is 1.87. The number of benzene rings is 1. The Morgan fingerprint density at radius 3 is 2.69 bits per heavy atom. The highest BCUT2D eigenvalue weighted by atomic mass is 16.5. The van der Waals surface area contributed by atoms with Crippen molar-refractivity contribution in [3.8, 4) is 0 Å². The SMILES string of the molecule is Nc1noc(NC(=O)c2ccccc2N)n1. The van der Waals surface area contributed by atoms with Crippen LogP contribution in [-0.4, -0.2) is 16.0 Å². The minimum absolute atomic E-state index is 0.0451. The zero-order valence-electron chi connectivity index (χ0n) is 8.18. The molecule has 0 spiro atoms. The lowest BCUT2D eigenvalue weighted by molar-refractivity contribution is 0.102. The quantitative estimate of drug-likeness (QED) is 0.632. The molecular weight excluding hydrogens is 210 g/mol. The van der Waals surface area contributed by atoms with Gasteiger partial charge in [-0.2, -0.15) is 4.98 Å². The second-order valence-corrected chi connectivity index (χ2v) is 3.00. The summed E-state index contributed by atoms with van der Waals surface area (Å²) in [5, 5.41) is 5.71. The lowest BCUT2D eigenvalue weighted by Crippen LogP contribution is -2.14. The number of hydrogen-bond donors (Lipinski definition) is 3. The zero-order valence-corrected chi connectivity index (χ0v) is 8.18. The molecule has 1 aromatic carbocycles. The van der Waals surface area contributed by atoms with Crippen LogP contribution in [0.2, 0.25) is 0 Å². The minimum Gasteiger partial charge on any atom is -0.398 e. The molecule has 1 amide bonds. The molecule has 0 aliphatic carbocycles. The first-order valence-electron chi connectivity index (χ1n) is 4.42. The van der Waals surface area contributed by atoms with Crippen molar-refractivity contribution >= 4 is 23.6 Å². The summed E-state index contributed by atoms with van der Waals surface area (Å²) in [6.07, 6.45) is 0. The van der Waals surface area contributed by atoms with Crippen molar-refractivity contribution in [1.29, 1.82) is 0 Å². The van der Waals surface area contributed by atoms with E-state index in [9.17, 15) is 4.79 Å². The number of nitrogens with two attached hydrogens (primary N) is 2. The van der Waals surface area contributed by atoms with Crippen LogP contribution >= 0.6 is 0 Å². The van der Waals surface area contributed by atoms with Gasteiger partial charge < -0.3 is 16.0 Å². The molecule has 2 rings (SSSR count). The molecule has 16 heavy (non-hydrogen) atoms.